The number of imidazole rings is 1. The maximum Gasteiger partial charge on any atom is 0.390 e. The zero-order valence-electron chi connectivity index (χ0n) is 20.5. The molecule has 0 saturated heterocycles. The first-order valence-electron chi connectivity index (χ1n) is 11.6. The summed E-state index contributed by atoms with van der Waals surface area (Å²) in [6, 6.07) is 4.77. The molecule has 0 aliphatic heterocycles. The third-order valence-corrected chi connectivity index (χ3v) is 8.37. The van der Waals surface area contributed by atoms with Crippen molar-refractivity contribution in [2.45, 2.75) is 57.0 Å². The Balaban J connectivity index is 1.90. The van der Waals surface area contributed by atoms with Crippen molar-refractivity contribution in [3.05, 3.63) is 58.7 Å². The first-order valence-corrected chi connectivity index (χ1v) is 13.9. The summed E-state index contributed by atoms with van der Waals surface area (Å²) < 4.78 is 81.6. The molecule has 0 bridgehead atoms. The molecule has 202 valence electrons. The third kappa shape index (κ3) is 7.78. The number of alkyl halides is 3. The van der Waals surface area contributed by atoms with Crippen LogP contribution < -0.4 is 10.0 Å². The molecule has 0 aliphatic carbocycles. The number of rotatable bonds is 10. The Kier molecular flexibility index (Phi) is 9.00. The quantitative estimate of drug-likeness (QED) is 0.320. The van der Waals surface area contributed by atoms with Gasteiger partial charge >= 0.3 is 12.2 Å². The summed E-state index contributed by atoms with van der Waals surface area (Å²) in [6.07, 6.45) is -1.18. The number of halogens is 4. The fourth-order valence-corrected chi connectivity index (χ4v) is 6.55. The highest BCUT2D eigenvalue weighted by Gasteiger charge is 2.29. The molecular formula is C24H28F4N4O3S2. The molecule has 0 saturated carbocycles. The van der Waals surface area contributed by atoms with Gasteiger partial charge in [-0.05, 0) is 30.0 Å². The average Bonchev–Trinajstić information content (AvgIpc) is 3.40. The van der Waals surface area contributed by atoms with Gasteiger partial charge in [0.15, 0.2) is 0 Å². The fraction of sp³-hybridized carbons (Fsp3) is 0.417. The molecule has 2 amide bonds. The lowest BCUT2D eigenvalue weighted by Crippen LogP contribution is -2.40. The van der Waals surface area contributed by atoms with Crippen LogP contribution in [-0.4, -0.2) is 36.7 Å². The fourth-order valence-electron chi connectivity index (χ4n) is 3.67. The number of hydrogen-bond donors (Lipinski definition) is 2. The number of thiophene rings is 1. The molecule has 7 nitrogen and oxygen atoms in total. The van der Waals surface area contributed by atoms with Gasteiger partial charge in [0.05, 0.1) is 13.0 Å². The van der Waals surface area contributed by atoms with Gasteiger partial charge in [0.25, 0.3) is 10.0 Å². The van der Waals surface area contributed by atoms with Crippen molar-refractivity contribution in [2.75, 3.05) is 6.54 Å². The van der Waals surface area contributed by atoms with Crippen LogP contribution in [0.15, 0.2) is 40.9 Å². The highest BCUT2D eigenvalue weighted by molar-refractivity contribution is 7.92. The molecule has 3 rings (SSSR count). The number of carbonyl (C=O) groups excluding carboxylic acids is 1. The summed E-state index contributed by atoms with van der Waals surface area (Å²) >= 11 is 0.933. The second-order valence-electron chi connectivity index (χ2n) is 8.87. The van der Waals surface area contributed by atoms with Crippen LogP contribution in [0.2, 0.25) is 0 Å². The number of benzene rings is 1. The first kappa shape index (κ1) is 28.6. The van der Waals surface area contributed by atoms with E-state index >= 15 is 4.39 Å². The molecule has 3 aromatic rings. The minimum absolute atomic E-state index is 0.197. The molecule has 0 atom stereocenters. The van der Waals surface area contributed by atoms with Crippen molar-refractivity contribution >= 4 is 27.4 Å². The van der Waals surface area contributed by atoms with Crippen molar-refractivity contribution in [3.8, 4) is 11.1 Å². The van der Waals surface area contributed by atoms with E-state index in [1.165, 1.54) is 6.07 Å². The lowest BCUT2D eigenvalue weighted by Gasteiger charge is -2.11. The molecule has 2 heterocycles. The molecule has 37 heavy (non-hydrogen) atoms. The molecule has 2 N–H and O–H groups in total. The van der Waals surface area contributed by atoms with Crippen LogP contribution in [0.4, 0.5) is 22.4 Å². The van der Waals surface area contributed by atoms with E-state index in [1.54, 1.807) is 35.3 Å². The van der Waals surface area contributed by atoms with Gasteiger partial charge in [-0.1, -0.05) is 32.9 Å². The van der Waals surface area contributed by atoms with Gasteiger partial charge in [-0.3, -0.25) is 0 Å². The van der Waals surface area contributed by atoms with Crippen molar-refractivity contribution in [1.82, 2.24) is 19.6 Å². The van der Waals surface area contributed by atoms with E-state index in [1.807, 2.05) is 30.7 Å². The largest absolute Gasteiger partial charge is 0.390 e. The number of amides is 2. The predicted octanol–water partition coefficient (Wildman–Crippen LogP) is 5.50. The highest BCUT2D eigenvalue weighted by Crippen LogP contribution is 2.37. The molecule has 0 unspecified atom stereocenters. The van der Waals surface area contributed by atoms with Gasteiger partial charge in [-0.2, -0.15) is 13.2 Å². The maximum absolute atomic E-state index is 15.1. The van der Waals surface area contributed by atoms with Crippen LogP contribution >= 0.6 is 11.3 Å². The number of hydrogen-bond acceptors (Lipinski definition) is 5. The topological polar surface area (TPSA) is 93.1 Å². The van der Waals surface area contributed by atoms with Crippen LogP contribution in [0.3, 0.4) is 0 Å². The number of aromatic nitrogens is 2. The smallest absolute Gasteiger partial charge is 0.337 e. The van der Waals surface area contributed by atoms with Gasteiger partial charge in [-0.25, -0.2) is 27.3 Å². The second-order valence-corrected chi connectivity index (χ2v) is 11.9. The summed E-state index contributed by atoms with van der Waals surface area (Å²) in [7, 11) is -4.45. The minimum Gasteiger partial charge on any atom is -0.337 e. The second kappa shape index (κ2) is 11.6. The minimum atomic E-state index is -4.50. The summed E-state index contributed by atoms with van der Waals surface area (Å²) in [5.74, 6) is 0.460. The summed E-state index contributed by atoms with van der Waals surface area (Å²) in [4.78, 5) is 17.0. The van der Waals surface area contributed by atoms with E-state index in [0.29, 0.717) is 28.8 Å². The first-order chi connectivity index (χ1) is 17.3. The van der Waals surface area contributed by atoms with Gasteiger partial charge in [0.1, 0.15) is 15.9 Å². The Morgan fingerprint density at radius 3 is 2.57 bits per heavy atom. The molecular weight excluding hydrogens is 532 g/mol. The van der Waals surface area contributed by atoms with Gasteiger partial charge in [0.2, 0.25) is 0 Å². The highest BCUT2D eigenvalue weighted by atomic mass is 32.2. The Bertz CT molecular complexity index is 1350. The van der Waals surface area contributed by atoms with Crippen LogP contribution in [-0.2, 0) is 29.4 Å². The van der Waals surface area contributed by atoms with E-state index in [4.69, 9.17) is 0 Å². The molecule has 0 fully saturated rings. The molecule has 2 aromatic heterocycles. The van der Waals surface area contributed by atoms with Crippen LogP contribution in [0.1, 0.15) is 43.5 Å². The van der Waals surface area contributed by atoms with Crippen LogP contribution in [0.5, 0.6) is 0 Å². The Morgan fingerprint density at radius 2 is 1.95 bits per heavy atom. The standard InChI is InChI=1S/C24H28F4N4O3S2/c1-4-21-29-9-10-32(21)14-17-6-5-16(12-20(17)25)19-13-18(11-15(2)3)36-22(19)37(34,35)31-23(33)30-8-7-24(26,27)28/h5-6,9-10,12-13,15H,4,7-8,11,14H2,1-3H3,(H2,30,31,33). The Hall–Kier alpha value is -2.93. The third-order valence-electron chi connectivity index (χ3n) is 5.35. The van der Waals surface area contributed by atoms with Crippen molar-refractivity contribution in [2.24, 2.45) is 5.92 Å². The summed E-state index contributed by atoms with van der Waals surface area (Å²) in [5, 5.41) is 1.90. The Morgan fingerprint density at radius 1 is 1.22 bits per heavy atom. The van der Waals surface area contributed by atoms with Crippen molar-refractivity contribution in [1.29, 1.82) is 0 Å². The lowest BCUT2D eigenvalue weighted by atomic mass is 10.0. The Labute approximate surface area is 217 Å². The molecule has 0 aliphatic rings. The van der Waals surface area contributed by atoms with E-state index < -0.39 is 41.0 Å². The number of aryl methyl sites for hydroxylation is 1. The average molecular weight is 561 g/mol. The SMILES string of the molecule is CCc1nccn1Cc1ccc(-c2cc(CC(C)C)sc2S(=O)(=O)NC(=O)NCCC(F)(F)F)cc1F. The lowest BCUT2D eigenvalue weighted by molar-refractivity contribution is -0.132. The van der Waals surface area contributed by atoms with Crippen LogP contribution in [0, 0.1) is 11.7 Å². The van der Waals surface area contributed by atoms with E-state index in [2.05, 4.69) is 4.98 Å². The van der Waals surface area contributed by atoms with Crippen molar-refractivity contribution in [3.63, 3.8) is 0 Å². The molecule has 13 heteroatoms. The number of urea groups is 1. The number of nitrogens with one attached hydrogen (secondary N) is 2. The maximum atomic E-state index is 15.1. The van der Waals surface area contributed by atoms with E-state index in [-0.39, 0.29) is 22.2 Å². The molecule has 0 radical (unpaired) electrons. The number of nitrogens with zero attached hydrogens (tertiary/aromatic N) is 2. The zero-order valence-corrected chi connectivity index (χ0v) is 22.2. The molecule has 0 spiro atoms. The zero-order chi connectivity index (χ0) is 27.4. The summed E-state index contributed by atoms with van der Waals surface area (Å²) in [5.41, 5.74) is 0.894. The van der Waals surface area contributed by atoms with E-state index in [0.717, 1.165) is 17.2 Å². The normalized spacial score (nSPS) is 12.2. The van der Waals surface area contributed by atoms with Gasteiger partial charge in [0, 0.05) is 41.4 Å². The molecule has 1 aromatic carbocycles. The van der Waals surface area contributed by atoms with Crippen LogP contribution in [0.25, 0.3) is 11.1 Å². The van der Waals surface area contributed by atoms with Gasteiger partial charge in [-0.15, -0.1) is 11.3 Å². The number of sulfonamides is 1. The number of carbonyl (C=O) groups is 1. The van der Waals surface area contributed by atoms with Gasteiger partial charge < -0.3 is 9.88 Å². The summed E-state index contributed by atoms with van der Waals surface area (Å²) in [6.45, 7) is 5.33. The van der Waals surface area contributed by atoms with E-state index in [9.17, 15) is 26.4 Å². The predicted molar refractivity (Wildman–Crippen MR) is 133 cm³/mol. The van der Waals surface area contributed by atoms with Crippen molar-refractivity contribution < 1.29 is 30.8 Å². The monoisotopic (exact) mass is 560 g/mol.